The molecule has 0 saturated heterocycles. The largest absolute Gasteiger partial charge is 0.481 e. The van der Waals surface area contributed by atoms with Gasteiger partial charge in [-0.15, -0.1) is 0 Å². The number of halogens is 1. The Kier molecular flexibility index (Phi) is 6.52. The van der Waals surface area contributed by atoms with Crippen LogP contribution in [0.25, 0.3) is 33.6 Å². The monoisotopic (exact) mass is 552 g/mol. The highest BCUT2D eigenvalue weighted by Gasteiger charge is 2.51. The Morgan fingerprint density at radius 1 is 0.950 bits per heavy atom. The molecule has 1 aliphatic rings. The van der Waals surface area contributed by atoms with Gasteiger partial charge in [-0.25, -0.2) is 9.78 Å². The number of pyridine rings is 1. The molecule has 6 rings (SSSR count). The quantitative estimate of drug-likeness (QED) is 0.211. The number of hydrogen-bond donors (Lipinski definition) is 2. The van der Waals surface area contributed by atoms with E-state index >= 15 is 0 Å². The smallest absolute Gasteiger partial charge is 0.412 e. The molecule has 2 N–H and O–H groups in total. The van der Waals surface area contributed by atoms with E-state index < -0.39 is 23.6 Å². The predicted octanol–water partition coefficient (Wildman–Crippen LogP) is 8.24. The Hall–Kier alpha value is -4.62. The molecule has 1 fully saturated rings. The first-order chi connectivity index (χ1) is 19.4. The summed E-state index contributed by atoms with van der Waals surface area (Å²) < 4.78 is 11.7. The summed E-state index contributed by atoms with van der Waals surface area (Å²) in [7, 11) is 0. The van der Waals surface area contributed by atoms with Gasteiger partial charge in [-0.05, 0) is 54.7 Å². The lowest BCUT2D eigenvalue weighted by Gasteiger charge is -2.15. The first-order valence-corrected chi connectivity index (χ1v) is 13.3. The van der Waals surface area contributed by atoms with Crippen molar-refractivity contribution in [1.29, 1.82) is 0 Å². The van der Waals surface area contributed by atoms with Crippen LogP contribution in [-0.2, 0) is 14.9 Å². The van der Waals surface area contributed by atoms with E-state index in [-0.39, 0.29) is 0 Å². The zero-order chi connectivity index (χ0) is 27.9. The molecule has 0 aliphatic heterocycles. The van der Waals surface area contributed by atoms with Crippen molar-refractivity contribution in [1.82, 2.24) is 4.98 Å². The van der Waals surface area contributed by atoms with Crippen LogP contribution < -0.4 is 5.32 Å². The van der Waals surface area contributed by atoms with Crippen molar-refractivity contribution in [3.05, 3.63) is 107 Å². The molecule has 0 bridgehead atoms. The third kappa shape index (κ3) is 4.69. The lowest BCUT2D eigenvalue weighted by atomic mass is 9.93. The molecule has 2 heterocycles. The number of carbonyl (C=O) groups excluding carboxylic acids is 1. The van der Waals surface area contributed by atoms with Gasteiger partial charge in [0.2, 0.25) is 5.71 Å². The number of nitrogens with one attached hydrogen (secondary N) is 1. The van der Waals surface area contributed by atoms with E-state index in [1.54, 1.807) is 25.3 Å². The van der Waals surface area contributed by atoms with Crippen molar-refractivity contribution in [2.24, 2.45) is 0 Å². The summed E-state index contributed by atoms with van der Waals surface area (Å²) in [6.07, 6.45) is 1.76. The van der Waals surface area contributed by atoms with Crippen LogP contribution in [0.1, 0.15) is 37.0 Å². The number of benzene rings is 3. The van der Waals surface area contributed by atoms with Crippen molar-refractivity contribution >= 4 is 40.5 Å². The Morgan fingerprint density at radius 2 is 1.60 bits per heavy atom. The number of aromatic nitrogens is 1. The third-order valence-corrected chi connectivity index (χ3v) is 7.74. The van der Waals surface area contributed by atoms with Crippen LogP contribution in [0, 0.1) is 0 Å². The molecular formula is C32H25ClN2O5. The summed E-state index contributed by atoms with van der Waals surface area (Å²) in [5.74, 6) is -0.313. The summed E-state index contributed by atoms with van der Waals surface area (Å²) in [6, 6.07) is 26.2. The second-order valence-electron chi connectivity index (χ2n) is 9.90. The van der Waals surface area contributed by atoms with Gasteiger partial charge in [0.15, 0.2) is 5.76 Å². The number of anilines is 1. The standard InChI is InChI=1S/C32H25ClN2O5/c1-19(24-5-2-3-7-26(24)33)39-31(38)35-27-25-6-4-18-34-29(25)40-28(27)22-10-8-20(9-11-22)21-12-14-23(15-13-21)32(16-17-32)30(36)37/h2-15,18-19H,16-17H2,1H3,(H,35,38)(H,36,37). The van der Waals surface area contributed by atoms with Crippen molar-refractivity contribution in [3.63, 3.8) is 0 Å². The maximum absolute atomic E-state index is 12.9. The Balaban J connectivity index is 1.25. The molecule has 1 atom stereocenters. The van der Waals surface area contributed by atoms with Crippen molar-refractivity contribution < 1.29 is 23.8 Å². The Bertz CT molecular complexity index is 1720. The van der Waals surface area contributed by atoms with Gasteiger partial charge < -0.3 is 14.3 Å². The molecule has 2 aromatic heterocycles. The minimum absolute atomic E-state index is 0.388. The van der Waals surface area contributed by atoms with Crippen LogP contribution >= 0.6 is 11.6 Å². The number of aliphatic carboxylic acids is 1. The molecule has 5 aromatic rings. The van der Waals surface area contributed by atoms with E-state index in [4.69, 9.17) is 20.8 Å². The highest BCUT2D eigenvalue weighted by atomic mass is 35.5. The predicted molar refractivity (Wildman–Crippen MR) is 153 cm³/mol. The number of hydrogen-bond acceptors (Lipinski definition) is 5. The molecule has 1 aliphatic carbocycles. The number of nitrogens with zero attached hydrogens (tertiary/aromatic N) is 1. The van der Waals surface area contributed by atoms with Gasteiger partial charge in [-0.2, -0.15) is 0 Å². The van der Waals surface area contributed by atoms with Gasteiger partial charge >= 0.3 is 12.1 Å². The molecule has 1 unspecified atom stereocenters. The second-order valence-corrected chi connectivity index (χ2v) is 10.3. The topological polar surface area (TPSA) is 102 Å². The molecule has 200 valence electrons. The van der Waals surface area contributed by atoms with Crippen LogP contribution in [0.5, 0.6) is 0 Å². The van der Waals surface area contributed by atoms with E-state index in [9.17, 15) is 14.7 Å². The molecule has 1 amide bonds. The zero-order valence-corrected chi connectivity index (χ0v) is 22.3. The zero-order valence-electron chi connectivity index (χ0n) is 21.6. The van der Waals surface area contributed by atoms with Gasteiger partial charge in [0, 0.05) is 22.3 Å². The molecule has 7 nitrogen and oxygen atoms in total. The van der Waals surface area contributed by atoms with E-state index in [0.717, 1.165) is 22.3 Å². The van der Waals surface area contributed by atoms with Gasteiger partial charge in [-0.1, -0.05) is 78.3 Å². The first kappa shape index (κ1) is 25.6. The highest BCUT2D eigenvalue weighted by molar-refractivity contribution is 6.31. The van der Waals surface area contributed by atoms with Crippen LogP contribution in [0.2, 0.25) is 5.02 Å². The van der Waals surface area contributed by atoms with Crippen LogP contribution in [0.4, 0.5) is 10.5 Å². The van der Waals surface area contributed by atoms with Crippen molar-refractivity contribution in [2.45, 2.75) is 31.3 Å². The lowest BCUT2D eigenvalue weighted by molar-refractivity contribution is -0.140. The molecule has 3 aromatic carbocycles. The van der Waals surface area contributed by atoms with E-state index in [0.29, 0.717) is 46.0 Å². The molecular weight excluding hydrogens is 528 g/mol. The van der Waals surface area contributed by atoms with Crippen molar-refractivity contribution in [2.75, 3.05) is 5.32 Å². The summed E-state index contributed by atoms with van der Waals surface area (Å²) >= 11 is 6.27. The summed E-state index contributed by atoms with van der Waals surface area (Å²) in [5, 5.41) is 13.6. The maximum atomic E-state index is 12.9. The highest BCUT2D eigenvalue weighted by Crippen LogP contribution is 2.48. The number of ether oxygens (including phenoxy) is 1. The summed E-state index contributed by atoms with van der Waals surface area (Å²) in [5.41, 5.74) is 4.34. The fourth-order valence-electron chi connectivity index (χ4n) is 4.97. The van der Waals surface area contributed by atoms with E-state index in [1.807, 2.05) is 72.8 Å². The minimum Gasteiger partial charge on any atom is -0.481 e. The van der Waals surface area contributed by atoms with E-state index in [2.05, 4.69) is 10.3 Å². The van der Waals surface area contributed by atoms with Gasteiger partial charge in [0.05, 0.1) is 10.8 Å². The van der Waals surface area contributed by atoms with Gasteiger partial charge in [-0.3, -0.25) is 10.1 Å². The molecule has 8 heteroatoms. The SMILES string of the molecule is CC(OC(=O)Nc1c(-c2ccc(-c3ccc(C4(C(=O)O)CC4)cc3)cc2)oc2ncccc12)c1ccccc1Cl. The average Bonchev–Trinajstić information content (AvgIpc) is 3.71. The second kappa shape index (κ2) is 10.2. The number of carboxylic acid groups (broad SMARTS) is 1. The molecule has 0 radical (unpaired) electrons. The first-order valence-electron chi connectivity index (χ1n) is 12.9. The molecule has 0 spiro atoms. The summed E-state index contributed by atoms with van der Waals surface area (Å²) in [6.45, 7) is 1.76. The van der Waals surface area contributed by atoms with Crippen molar-refractivity contribution in [3.8, 4) is 22.5 Å². The number of carboxylic acids is 1. The van der Waals surface area contributed by atoms with Crippen LogP contribution in [0.15, 0.2) is 95.5 Å². The third-order valence-electron chi connectivity index (χ3n) is 7.40. The minimum atomic E-state index is -0.767. The Labute approximate surface area is 235 Å². The van der Waals surface area contributed by atoms with Gasteiger partial charge in [0.25, 0.3) is 0 Å². The number of carbonyl (C=O) groups is 2. The fourth-order valence-corrected chi connectivity index (χ4v) is 5.26. The van der Waals surface area contributed by atoms with Gasteiger partial charge in [0.1, 0.15) is 11.8 Å². The lowest BCUT2D eigenvalue weighted by Crippen LogP contribution is -2.19. The van der Waals surface area contributed by atoms with Crippen LogP contribution in [-0.4, -0.2) is 22.2 Å². The number of amides is 1. The molecule has 1 saturated carbocycles. The summed E-state index contributed by atoms with van der Waals surface area (Å²) in [4.78, 5) is 28.9. The maximum Gasteiger partial charge on any atom is 0.412 e. The number of fused-ring (bicyclic) bond motifs is 1. The normalized spacial score (nSPS) is 14.4. The molecule has 40 heavy (non-hydrogen) atoms. The van der Waals surface area contributed by atoms with Crippen LogP contribution in [0.3, 0.4) is 0 Å². The fraction of sp³-hybridized carbons (Fsp3) is 0.156. The number of furan rings is 1. The number of rotatable bonds is 7. The average molecular weight is 553 g/mol. The Morgan fingerprint density at radius 3 is 2.25 bits per heavy atom. The van der Waals surface area contributed by atoms with E-state index in [1.165, 1.54) is 0 Å².